The van der Waals surface area contributed by atoms with Crippen LogP contribution < -0.4 is 5.32 Å². The summed E-state index contributed by atoms with van der Waals surface area (Å²) in [6.07, 6.45) is 12.5. The zero-order chi connectivity index (χ0) is 18.3. The molecule has 4 radical (unpaired) electrons. The molecule has 0 aromatic heterocycles. The monoisotopic (exact) mass is 455 g/mol. The molecule has 0 heterocycles. The molecule has 1 nitrogen and oxygen atoms in total. The number of hydrogen-bond donors (Lipinski definition) is 1. The van der Waals surface area contributed by atoms with Gasteiger partial charge in [-0.2, -0.15) is 72.5 Å². The average molecular weight is 455 g/mol. The Hall–Kier alpha value is -0.951. The Morgan fingerprint density at radius 1 is 0.893 bits per heavy atom. The Morgan fingerprint density at radius 3 is 2.07 bits per heavy atom. The molecule has 1 saturated carbocycles. The van der Waals surface area contributed by atoms with Gasteiger partial charge in [0.2, 0.25) is 0 Å². The molecule has 150 valence electrons. The first-order valence-electron chi connectivity index (χ1n) is 9.41. The quantitative estimate of drug-likeness (QED) is 0.272. The van der Waals surface area contributed by atoms with Crippen molar-refractivity contribution in [3.8, 4) is 0 Å². The van der Waals surface area contributed by atoms with Crippen LogP contribution in [0.3, 0.4) is 0 Å². The first kappa shape index (κ1) is 27.0. The van der Waals surface area contributed by atoms with Crippen molar-refractivity contribution in [1.82, 2.24) is 5.32 Å². The van der Waals surface area contributed by atoms with E-state index in [0.717, 1.165) is 6.54 Å². The maximum Gasteiger partial charge on any atom is 2.00 e. The normalized spacial score (nSPS) is 13.0. The van der Waals surface area contributed by atoms with Gasteiger partial charge in [-0.25, -0.2) is 30.3 Å². The molecule has 1 aliphatic rings. The summed E-state index contributed by atoms with van der Waals surface area (Å²) in [6, 6.07) is 27.5. The summed E-state index contributed by atoms with van der Waals surface area (Å²) in [5.74, 6) is 0. The summed E-state index contributed by atoms with van der Waals surface area (Å²) in [7, 11) is 0. The molecule has 3 aromatic carbocycles. The predicted octanol–water partition coefficient (Wildman–Crippen LogP) is 6.03. The molecule has 1 N–H and O–H groups in total. The van der Waals surface area contributed by atoms with Gasteiger partial charge in [0.15, 0.2) is 0 Å². The van der Waals surface area contributed by atoms with E-state index in [1.807, 2.05) is 62.4 Å². The van der Waals surface area contributed by atoms with Crippen molar-refractivity contribution in [2.75, 3.05) is 6.54 Å². The maximum absolute atomic E-state index is 3.63. The van der Waals surface area contributed by atoms with E-state index in [9.17, 15) is 0 Å². The summed E-state index contributed by atoms with van der Waals surface area (Å²) in [4.78, 5) is 0. The Labute approximate surface area is 193 Å². The molecule has 0 unspecified atom stereocenters. The molecule has 3 aromatic rings. The van der Waals surface area contributed by atoms with Gasteiger partial charge in [-0.05, 0) is 19.0 Å². The van der Waals surface area contributed by atoms with Crippen LogP contribution in [0.15, 0.2) is 78.9 Å². The van der Waals surface area contributed by atoms with Crippen LogP contribution in [0, 0.1) is 32.1 Å². The van der Waals surface area contributed by atoms with Crippen molar-refractivity contribution in [3.63, 3.8) is 0 Å². The molecule has 1 fully saturated rings. The minimum Gasteiger partial charge on any atom is -0.326 e. The second-order valence-corrected chi connectivity index (χ2v) is 6.10. The second-order valence-electron chi connectivity index (χ2n) is 6.10. The van der Waals surface area contributed by atoms with Crippen LogP contribution in [-0.2, 0) is 34.1 Å². The third kappa shape index (κ3) is 11.1. The number of unbranched alkanes of at least 4 members (excludes halogenated alkanes) is 1. The topological polar surface area (TPSA) is 12.0 Å². The van der Waals surface area contributed by atoms with Gasteiger partial charge < -0.3 is 11.7 Å². The average Bonchev–Trinajstić information content (AvgIpc) is 3.50. The molecular formula is C25H29Fe2N. The van der Waals surface area contributed by atoms with Crippen LogP contribution in [0.4, 0.5) is 0 Å². The number of hydrogen-bond acceptors (Lipinski definition) is 1. The summed E-state index contributed by atoms with van der Waals surface area (Å²) in [5, 5.41) is 3.63. The summed E-state index contributed by atoms with van der Waals surface area (Å²) in [5.41, 5.74) is 2.73. The van der Waals surface area contributed by atoms with Gasteiger partial charge in [0.25, 0.3) is 0 Å². The Bertz CT molecular complexity index is 549. The first-order chi connectivity index (χ1) is 12.9. The number of nitrogens with one attached hydrogen (secondary N) is 1. The molecule has 0 saturated heterocycles. The molecule has 1 aliphatic carbocycles. The molecular weight excluding hydrogens is 426 g/mol. The van der Waals surface area contributed by atoms with Crippen LogP contribution in [0.5, 0.6) is 0 Å². The van der Waals surface area contributed by atoms with Gasteiger partial charge in [-0.15, -0.1) is 0 Å². The van der Waals surface area contributed by atoms with Crippen molar-refractivity contribution >= 4 is 0 Å². The largest absolute Gasteiger partial charge is 2.00 e. The van der Waals surface area contributed by atoms with E-state index in [0.29, 0.717) is 6.04 Å². The fourth-order valence-corrected chi connectivity index (χ4v) is 2.66. The molecule has 0 atom stereocenters. The fourth-order valence-electron chi connectivity index (χ4n) is 2.66. The van der Waals surface area contributed by atoms with E-state index in [1.165, 1.54) is 24.0 Å². The van der Waals surface area contributed by atoms with Crippen LogP contribution in [0.1, 0.15) is 36.9 Å². The Kier molecular flexibility index (Phi) is 17.5. The first-order valence-corrected chi connectivity index (χ1v) is 9.41. The van der Waals surface area contributed by atoms with Crippen molar-refractivity contribution in [1.29, 1.82) is 0 Å². The summed E-state index contributed by atoms with van der Waals surface area (Å²) < 4.78 is 0. The SMILES string of the molecule is CCCCNC(c1cc[cH-]c1)c1ccc[cH-]1.[CH]1[CH][CH][CH-][CH]1.[Fe+2].[Fe+2].c1cc[cH-]c1. The van der Waals surface area contributed by atoms with Gasteiger partial charge in [0, 0.05) is 0 Å². The van der Waals surface area contributed by atoms with Crippen molar-refractivity contribution in [2.24, 2.45) is 0 Å². The minimum absolute atomic E-state index is 0. The third-order valence-corrected chi connectivity index (χ3v) is 4.03. The zero-order valence-electron chi connectivity index (χ0n) is 16.3. The zero-order valence-corrected chi connectivity index (χ0v) is 18.5. The van der Waals surface area contributed by atoms with Gasteiger partial charge in [-0.1, -0.05) is 26.2 Å². The molecule has 4 rings (SSSR count). The van der Waals surface area contributed by atoms with E-state index in [-0.39, 0.29) is 34.1 Å². The van der Waals surface area contributed by atoms with Crippen LogP contribution in [0.2, 0.25) is 0 Å². The van der Waals surface area contributed by atoms with Gasteiger partial charge in [0.1, 0.15) is 0 Å². The fraction of sp³-hybridized carbons (Fsp3) is 0.200. The second kappa shape index (κ2) is 18.1. The predicted molar refractivity (Wildman–Crippen MR) is 112 cm³/mol. The summed E-state index contributed by atoms with van der Waals surface area (Å²) >= 11 is 0. The van der Waals surface area contributed by atoms with E-state index in [4.69, 9.17) is 0 Å². The van der Waals surface area contributed by atoms with E-state index >= 15 is 0 Å². The third-order valence-electron chi connectivity index (χ3n) is 4.03. The van der Waals surface area contributed by atoms with Crippen molar-refractivity contribution < 1.29 is 34.1 Å². The van der Waals surface area contributed by atoms with E-state index < -0.39 is 0 Å². The number of rotatable bonds is 6. The minimum atomic E-state index is 0. The smallest absolute Gasteiger partial charge is 0.326 e. The summed E-state index contributed by atoms with van der Waals surface area (Å²) in [6.45, 7) is 3.30. The van der Waals surface area contributed by atoms with Gasteiger partial charge in [0.05, 0.1) is 0 Å². The molecule has 0 bridgehead atoms. The van der Waals surface area contributed by atoms with Crippen molar-refractivity contribution in [2.45, 2.75) is 25.8 Å². The van der Waals surface area contributed by atoms with Crippen LogP contribution >= 0.6 is 0 Å². The van der Waals surface area contributed by atoms with E-state index in [2.05, 4.69) is 60.8 Å². The van der Waals surface area contributed by atoms with Crippen molar-refractivity contribution in [3.05, 3.63) is 122 Å². The molecule has 0 spiro atoms. The molecule has 28 heavy (non-hydrogen) atoms. The standard InChI is InChI=1S/C15H19N.2C5H5.2Fe/c1-2-3-12-16-15(13-8-4-5-9-13)14-10-6-7-11-14;2*1-2-4-5-3-1;;/h4-11,15-16H,2-3,12H2,1H3;2*1-5H;;/q-2;2*-1;2*+2. The molecule has 0 amide bonds. The Balaban J connectivity index is 0.000000500. The van der Waals surface area contributed by atoms with Crippen LogP contribution in [-0.4, -0.2) is 6.54 Å². The van der Waals surface area contributed by atoms with E-state index in [1.54, 1.807) is 0 Å². The van der Waals surface area contributed by atoms with Crippen LogP contribution in [0.25, 0.3) is 0 Å². The van der Waals surface area contributed by atoms with Gasteiger partial charge in [-0.3, -0.25) is 0 Å². The Morgan fingerprint density at radius 2 is 1.64 bits per heavy atom. The molecule has 0 aliphatic heterocycles. The van der Waals surface area contributed by atoms with Gasteiger partial charge >= 0.3 is 34.1 Å². The molecule has 3 heteroatoms. The maximum atomic E-state index is 3.63.